The van der Waals surface area contributed by atoms with Crippen LogP contribution in [0.25, 0.3) is 0 Å². The highest BCUT2D eigenvalue weighted by Crippen LogP contribution is 2.19. The number of aliphatic hydroxyl groups is 1. The predicted molar refractivity (Wildman–Crippen MR) is 128 cm³/mol. The SMILES string of the molecule is Cc1cccc(C)c1NC(=O)CN1CCN(CCC(O)NC(=O)OCc2ccccc2)CC1. The minimum atomic E-state index is -0.963. The zero-order chi connectivity index (χ0) is 23.6. The molecule has 2 amide bonds. The number of hydrogen-bond acceptors (Lipinski definition) is 6. The molecule has 1 aliphatic heterocycles. The van der Waals surface area contributed by atoms with E-state index in [1.807, 2.05) is 62.4 Å². The van der Waals surface area contributed by atoms with Gasteiger partial charge in [-0.25, -0.2) is 4.79 Å². The Morgan fingerprint density at radius 1 is 0.970 bits per heavy atom. The van der Waals surface area contributed by atoms with Gasteiger partial charge in [0.1, 0.15) is 12.8 Å². The molecule has 1 heterocycles. The summed E-state index contributed by atoms with van der Waals surface area (Å²) in [4.78, 5) is 28.7. The maximum absolute atomic E-state index is 12.5. The zero-order valence-corrected chi connectivity index (χ0v) is 19.4. The van der Waals surface area contributed by atoms with Gasteiger partial charge in [-0.3, -0.25) is 15.0 Å². The van der Waals surface area contributed by atoms with E-state index in [0.717, 1.165) is 48.6 Å². The van der Waals surface area contributed by atoms with Gasteiger partial charge in [-0.15, -0.1) is 0 Å². The first-order valence-corrected chi connectivity index (χ1v) is 11.4. The number of carbonyl (C=O) groups excluding carboxylic acids is 2. The second kappa shape index (κ2) is 12.3. The summed E-state index contributed by atoms with van der Waals surface area (Å²) in [7, 11) is 0. The minimum Gasteiger partial charge on any atom is -0.445 e. The van der Waals surface area contributed by atoms with E-state index in [4.69, 9.17) is 4.74 Å². The average Bonchev–Trinajstić information content (AvgIpc) is 2.80. The molecule has 1 atom stereocenters. The van der Waals surface area contributed by atoms with Gasteiger partial charge in [-0.2, -0.15) is 0 Å². The van der Waals surface area contributed by atoms with Gasteiger partial charge in [-0.05, 0) is 30.5 Å². The number of alkyl carbamates (subject to hydrolysis) is 1. The Balaban J connectivity index is 1.30. The number of aryl methyl sites for hydroxylation is 2. The molecule has 8 nitrogen and oxygen atoms in total. The van der Waals surface area contributed by atoms with Crippen LogP contribution in [0.5, 0.6) is 0 Å². The van der Waals surface area contributed by atoms with Gasteiger partial charge in [-0.1, -0.05) is 48.5 Å². The fraction of sp³-hybridized carbons (Fsp3) is 0.440. The molecule has 1 saturated heterocycles. The van der Waals surface area contributed by atoms with E-state index in [0.29, 0.717) is 19.5 Å². The van der Waals surface area contributed by atoms with Crippen molar-refractivity contribution in [3.05, 3.63) is 65.2 Å². The molecule has 3 N–H and O–H groups in total. The number of hydrogen-bond donors (Lipinski definition) is 3. The molecule has 2 aromatic rings. The van der Waals surface area contributed by atoms with Gasteiger partial charge in [0.2, 0.25) is 5.91 Å². The highest BCUT2D eigenvalue weighted by Gasteiger charge is 2.20. The lowest BCUT2D eigenvalue weighted by atomic mass is 10.1. The van der Waals surface area contributed by atoms with Crippen LogP contribution in [0.15, 0.2) is 48.5 Å². The van der Waals surface area contributed by atoms with Gasteiger partial charge >= 0.3 is 6.09 Å². The van der Waals surface area contributed by atoms with Crippen molar-refractivity contribution in [1.29, 1.82) is 0 Å². The predicted octanol–water partition coefficient (Wildman–Crippen LogP) is 2.49. The second-order valence-corrected chi connectivity index (χ2v) is 8.44. The largest absolute Gasteiger partial charge is 0.445 e. The Bertz CT molecular complexity index is 894. The Kier molecular flexibility index (Phi) is 9.24. The van der Waals surface area contributed by atoms with Crippen LogP contribution in [0.4, 0.5) is 10.5 Å². The molecule has 2 aromatic carbocycles. The van der Waals surface area contributed by atoms with Gasteiger partial charge < -0.3 is 20.1 Å². The molecule has 1 unspecified atom stereocenters. The van der Waals surface area contributed by atoms with Crippen molar-refractivity contribution in [3.8, 4) is 0 Å². The van der Waals surface area contributed by atoms with E-state index < -0.39 is 12.3 Å². The van der Waals surface area contributed by atoms with Gasteiger partial charge in [0.25, 0.3) is 0 Å². The molecule has 0 aliphatic carbocycles. The molecular formula is C25H34N4O4. The zero-order valence-electron chi connectivity index (χ0n) is 19.4. The maximum Gasteiger partial charge on any atom is 0.409 e. The molecule has 33 heavy (non-hydrogen) atoms. The third kappa shape index (κ3) is 8.16. The van der Waals surface area contributed by atoms with E-state index in [2.05, 4.69) is 20.4 Å². The summed E-state index contributed by atoms with van der Waals surface area (Å²) >= 11 is 0. The Morgan fingerprint density at radius 2 is 1.61 bits per heavy atom. The Hall–Kier alpha value is -2.94. The summed E-state index contributed by atoms with van der Waals surface area (Å²) < 4.78 is 5.13. The topological polar surface area (TPSA) is 94.1 Å². The number of benzene rings is 2. The molecule has 0 saturated carbocycles. The number of aliphatic hydroxyl groups excluding tert-OH is 1. The first kappa shape index (κ1) is 24.7. The van der Waals surface area contributed by atoms with Crippen LogP contribution in [-0.2, 0) is 16.1 Å². The van der Waals surface area contributed by atoms with Crippen LogP contribution in [0.1, 0.15) is 23.1 Å². The van der Waals surface area contributed by atoms with Gasteiger partial charge in [0, 0.05) is 44.8 Å². The molecule has 0 radical (unpaired) electrons. The Morgan fingerprint density at radius 3 is 2.27 bits per heavy atom. The number of amides is 2. The standard InChI is InChI=1S/C25H34N4O4/c1-19-7-6-8-20(2)24(19)26-23(31)17-29-15-13-28(14-16-29)12-11-22(30)27-25(32)33-18-21-9-4-3-5-10-21/h3-10,22,30H,11-18H2,1-2H3,(H,26,31)(H,27,32). The summed E-state index contributed by atoms with van der Waals surface area (Å²) in [6.07, 6.45) is -1.19. The van der Waals surface area contributed by atoms with Crippen molar-refractivity contribution < 1.29 is 19.4 Å². The van der Waals surface area contributed by atoms with E-state index in [1.54, 1.807) is 0 Å². The summed E-state index contributed by atoms with van der Waals surface area (Å²) in [5.41, 5.74) is 3.90. The third-order valence-electron chi connectivity index (χ3n) is 5.79. The fourth-order valence-corrected chi connectivity index (χ4v) is 3.84. The number of rotatable bonds is 9. The van der Waals surface area contributed by atoms with E-state index in [9.17, 15) is 14.7 Å². The quantitative estimate of drug-likeness (QED) is 0.504. The normalized spacial score (nSPS) is 15.6. The van der Waals surface area contributed by atoms with Crippen molar-refractivity contribution in [2.75, 3.05) is 44.6 Å². The third-order valence-corrected chi connectivity index (χ3v) is 5.79. The van der Waals surface area contributed by atoms with E-state index in [1.165, 1.54) is 0 Å². The van der Waals surface area contributed by atoms with Crippen LogP contribution >= 0.6 is 0 Å². The summed E-state index contributed by atoms with van der Waals surface area (Å²) in [6.45, 7) is 8.34. The molecule has 8 heteroatoms. The number of para-hydroxylation sites is 1. The fourth-order valence-electron chi connectivity index (χ4n) is 3.84. The smallest absolute Gasteiger partial charge is 0.409 e. The molecule has 0 aromatic heterocycles. The molecular weight excluding hydrogens is 420 g/mol. The second-order valence-electron chi connectivity index (χ2n) is 8.44. The van der Waals surface area contributed by atoms with Gasteiger partial charge in [0.05, 0.1) is 6.54 Å². The Labute approximate surface area is 195 Å². The molecule has 0 spiro atoms. The molecule has 0 bridgehead atoms. The molecule has 1 fully saturated rings. The highest BCUT2D eigenvalue weighted by molar-refractivity contribution is 5.93. The molecule has 3 rings (SSSR count). The van der Waals surface area contributed by atoms with Crippen LogP contribution in [0, 0.1) is 13.8 Å². The van der Waals surface area contributed by atoms with Gasteiger partial charge in [0.15, 0.2) is 0 Å². The first-order chi connectivity index (χ1) is 15.9. The maximum atomic E-state index is 12.5. The monoisotopic (exact) mass is 454 g/mol. The number of ether oxygens (including phenoxy) is 1. The van der Waals surface area contributed by atoms with Crippen molar-refractivity contribution in [3.63, 3.8) is 0 Å². The summed E-state index contributed by atoms with van der Waals surface area (Å²) in [5, 5.41) is 15.6. The van der Waals surface area contributed by atoms with Crippen LogP contribution < -0.4 is 10.6 Å². The molecule has 178 valence electrons. The van der Waals surface area contributed by atoms with E-state index >= 15 is 0 Å². The van der Waals surface area contributed by atoms with Crippen molar-refractivity contribution in [2.45, 2.75) is 33.1 Å². The van der Waals surface area contributed by atoms with Crippen molar-refractivity contribution in [2.24, 2.45) is 0 Å². The number of nitrogens with one attached hydrogen (secondary N) is 2. The lowest BCUT2D eigenvalue weighted by molar-refractivity contribution is -0.117. The first-order valence-electron chi connectivity index (χ1n) is 11.4. The van der Waals surface area contributed by atoms with Crippen LogP contribution in [0.3, 0.4) is 0 Å². The number of carbonyl (C=O) groups is 2. The van der Waals surface area contributed by atoms with Crippen LogP contribution in [-0.4, -0.2) is 72.4 Å². The molecule has 1 aliphatic rings. The highest BCUT2D eigenvalue weighted by atomic mass is 16.6. The van der Waals surface area contributed by atoms with Crippen molar-refractivity contribution in [1.82, 2.24) is 15.1 Å². The number of piperazine rings is 1. The summed E-state index contributed by atoms with van der Waals surface area (Å²) in [6, 6.07) is 15.4. The average molecular weight is 455 g/mol. The lowest BCUT2D eigenvalue weighted by Gasteiger charge is -2.34. The number of anilines is 1. The summed E-state index contributed by atoms with van der Waals surface area (Å²) in [5.74, 6) is -0.00510. The minimum absolute atomic E-state index is 0.00510. The van der Waals surface area contributed by atoms with Crippen LogP contribution in [0.2, 0.25) is 0 Å². The van der Waals surface area contributed by atoms with E-state index in [-0.39, 0.29) is 12.5 Å². The van der Waals surface area contributed by atoms with Crippen molar-refractivity contribution >= 4 is 17.7 Å². The number of nitrogens with zero attached hydrogens (tertiary/aromatic N) is 2. The lowest BCUT2D eigenvalue weighted by Crippen LogP contribution is -2.49.